The quantitative estimate of drug-likeness (QED) is 0.384. The molecule has 2 aromatic carbocycles. The number of aromatic nitrogens is 1. The Morgan fingerprint density at radius 3 is 2.41 bits per heavy atom. The summed E-state index contributed by atoms with van der Waals surface area (Å²) in [5.41, 5.74) is -2.85. The zero-order chi connectivity index (χ0) is 26.8. The van der Waals surface area contributed by atoms with Crippen LogP contribution in [0, 0.1) is 5.92 Å². The van der Waals surface area contributed by atoms with Crippen LogP contribution in [0.4, 0.5) is 0 Å². The van der Waals surface area contributed by atoms with E-state index in [2.05, 4.69) is 26.2 Å². The number of hydrogen-bond acceptors (Lipinski definition) is 6. The van der Waals surface area contributed by atoms with Crippen LogP contribution in [-0.2, 0) is 16.0 Å². The maximum Gasteiger partial charge on any atom is 0.227 e. The van der Waals surface area contributed by atoms with Crippen molar-refractivity contribution in [1.82, 2.24) is 10.3 Å². The van der Waals surface area contributed by atoms with Crippen molar-refractivity contribution in [2.45, 2.75) is 49.5 Å². The molecule has 3 aromatic rings. The molecule has 5 rings (SSSR count). The summed E-state index contributed by atoms with van der Waals surface area (Å²) >= 11 is 9.75. The molecule has 1 aliphatic carbocycles. The topological polar surface area (TPSA) is 101 Å². The summed E-state index contributed by atoms with van der Waals surface area (Å²) < 4.78 is 13.1. The van der Waals surface area contributed by atoms with Gasteiger partial charge in [0, 0.05) is 22.0 Å². The van der Waals surface area contributed by atoms with E-state index in [0.717, 1.165) is 10.0 Å². The van der Waals surface area contributed by atoms with E-state index in [-0.39, 0.29) is 22.3 Å². The van der Waals surface area contributed by atoms with Crippen molar-refractivity contribution in [3.63, 3.8) is 0 Å². The number of ether oxygens (including phenoxy) is 2. The van der Waals surface area contributed by atoms with Gasteiger partial charge in [0.1, 0.15) is 17.0 Å². The second kappa shape index (κ2) is 8.98. The van der Waals surface area contributed by atoms with Gasteiger partial charge in [0.2, 0.25) is 11.8 Å². The fraction of sp³-hybridized carbons (Fsp3) is 0.357. The number of aliphatic hydroxyl groups is 2. The normalized spacial score (nSPS) is 28.3. The molecule has 1 fully saturated rings. The van der Waals surface area contributed by atoms with Crippen LogP contribution in [0.15, 0.2) is 65.1 Å². The molecule has 0 radical (unpaired) electrons. The van der Waals surface area contributed by atoms with E-state index in [1.807, 2.05) is 75.4 Å². The van der Waals surface area contributed by atoms with Crippen LogP contribution in [-0.4, -0.2) is 39.9 Å². The Bertz CT molecular complexity index is 1350. The molecule has 1 saturated carbocycles. The minimum absolute atomic E-state index is 0.0201. The highest BCUT2D eigenvalue weighted by atomic mass is 79.9. The minimum atomic E-state index is -2.11. The summed E-state index contributed by atoms with van der Waals surface area (Å²) in [5, 5.41) is 27.9. The average molecular weight is 588 g/mol. The van der Waals surface area contributed by atoms with Gasteiger partial charge in [0.25, 0.3) is 0 Å². The van der Waals surface area contributed by atoms with E-state index in [0.29, 0.717) is 5.56 Å². The Labute approximate surface area is 228 Å². The predicted octanol–water partition coefficient (Wildman–Crippen LogP) is 4.67. The number of hydrogen-bond donors (Lipinski definition) is 3. The number of aliphatic hydroxyl groups excluding tert-OH is 1. The summed E-state index contributed by atoms with van der Waals surface area (Å²) in [4.78, 5) is 18.1. The lowest BCUT2D eigenvalue weighted by Crippen LogP contribution is -2.52. The number of carbonyl (C=O) groups excluding carboxylic acids is 1. The van der Waals surface area contributed by atoms with Gasteiger partial charge in [-0.15, -0.1) is 0 Å². The van der Waals surface area contributed by atoms with Crippen LogP contribution in [0.5, 0.6) is 11.6 Å². The number of rotatable bonds is 4. The van der Waals surface area contributed by atoms with Crippen molar-refractivity contribution in [3.05, 3.63) is 87.0 Å². The number of methoxy groups -OCH3 is 1. The third-order valence-corrected chi connectivity index (χ3v) is 7.85. The molecule has 0 unspecified atom stereocenters. The molecule has 2 heterocycles. The summed E-state index contributed by atoms with van der Waals surface area (Å²) in [6, 6.07) is 18.1. The van der Waals surface area contributed by atoms with Gasteiger partial charge in [-0.1, -0.05) is 70.0 Å². The second-order valence-electron chi connectivity index (χ2n) is 10.5. The molecule has 1 aromatic heterocycles. The lowest BCUT2D eigenvalue weighted by molar-refractivity contribution is -0.155. The maximum atomic E-state index is 13.9. The van der Waals surface area contributed by atoms with E-state index in [1.165, 1.54) is 13.2 Å². The SMILES string of the molecule is COc1nc(Cl)cc2c1[C@]1(O)[C@H](O)[C@H](C(=O)NC(C)(C)C)[C@@H](c3ccccc3)[C@]1(c1ccc(Br)cc1)O2. The van der Waals surface area contributed by atoms with Crippen molar-refractivity contribution in [1.29, 1.82) is 0 Å². The molecule has 0 bridgehead atoms. The van der Waals surface area contributed by atoms with E-state index < -0.39 is 40.6 Å². The zero-order valence-electron chi connectivity index (χ0n) is 20.8. The molecule has 1 aliphatic heterocycles. The van der Waals surface area contributed by atoms with Gasteiger partial charge in [-0.3, -0.25) is 4.79 Å². The predicted molar refractivity (Wildman–Crippen MR) is 143 cm³/mol. The van der Waals surface area contributed by atoms with E-state index in [1.54, 1.807) is 0 Å². The fourth-order valence-corrected chi connectivity index (χ4v) is 6.30. The first-order valence-corrected chi connectivity index (χ1v) is 13.1. The Morgan fingerprint density at radius 2 is 1.81 bits per heavy atom. The number of halogens is 2. The molecule has 9 heteroatoms. The number of nitrogens with zero attached hydrogens (tertiary/aromatic N) is 1. The highest BCUT2D eigenvalue weighted by molar-refractivity contribution is 9.10. The van der Waals surface area contributed by atoms with Crippen LogP contribution in [0.25, 0.3) is 0 Å². The van der Waals surface area contributed by atoms with Crippen LogP contribution >= 0.6 is 27.5 Å². The summed E-state index contributed by atoms with van der Waals surface area (Å²) in [5.74, 6) is -2.03. The van der Waals surface area contributed by atoms with Crippen molar-refractivity contribution in [2.75, 3.05) is 7.11 Å². The van der Waals surface area contributed by atoms with Gasteiger partial charge >= 0.3 is 0 Å². The summed E-state index contributed by atoms with van der Waals surface area (Å²) in [7, 11) is 1.40. The van der Waals surface area contributed by atoms with E-state index in [9.17, 15) is 15.0 Å². The third kappa shape index (κ3) is 3.84. The lowest BCUT2D eigenvalue weighted by atomic mass is 9.70. The van der Waals surface area contributed by atoms with Crippen LogP contribution in [0.2, 0.25) is 5.15 Å². The van der Waals surface area contributed by atoms with Crippen molar-refractivity contribution < 1.29 is 24.5 Å². The molecule has 194 valence electrons. The molecular weight excluding hydrogens is 560 g/mol. The third-order valence-electron chi connectivity index (χ3n) is 7.13. The van der Waals surface area contributed by atoms with Gasteiger partial charge in [-0.05, 0) is 44.0 Å². The van der Waals surface area contributed by atoms with Gasteiger partial charge < -0.3 is 25.0 Å². The lowest BCUT2D eigenvalue weighted by Gasteiger charge is -2.40. The minimum Gasteiger partial charge on any atom is -0.481 e. The van der Waals surface area contributed by atoms with Crippen molar-refractivity contribution in [2.24, 2.45) is 5.92 Å². The standard InChI is InChI=1S/C28H28BrClN2O5/c1-26(2,3)32-24(34)20-21(15-8-6-5-7-9-15)28(16-10-12-17(29)13-11-16)27(35,23(20)33)22-18(37-28)14-19(30)31-25(22)36-4/h5-14,20-21,23,33,35H,1-4H3,(H,32,34)/t20-,21-,23-,27+,28+/m1/s1. The first-order valence-electron chi connectivity index (χ1n) is 11.9. The summed E-state index contributed by atoms with van der Waals surface area (Å²) in [6.45, 7) is 5.60. The molecule has 3 N–H and O–H groups in total. The zero-order valence-corrected chi connectivity index (χ0v) is 23.2. The number of amides is 1. The Kier molecular flexibility index (Phi) is 6.30. The first-order chi connectivity index (χ1) is 17.4. The van der Waals surface area contributed by atoms with Crippen LogP contribution in [0.1, 0.15) is 43.4 Å². The van der Waals surface area contributed by atoms with Gasteiger partial charge in [0.05, 0.1) is 18.6 Å². The molecule has 0 spiro atoms. The molecule has 5 atom stereocenters. The van der Waals surface area contributed by atoms with Crippen LogP contribution in [0.3, 0.4) is 0 Å². The summed E-state index contributed by atoms with van der Waals surface area (Å²) in [6.07, 6.45) is -1.58. The maximum absolute atomic E-state index is 13.9. The molecule has 2 aliphatic rings. The Morgan fingerprint density at radius 1 is 1.16 bits per heavy atom. The molecule has 1 amide bonds. The van der Waals surface area contributed by atoms with E-state index in [4.69, 9.17) is 21.1 Å². The average Bonchev–Trinajstić information content (AvgIpc) is 3.21. The van der Waals surface area contributed by atoms with Gasteiger partial charge in [-0.25, -0.2) is 4.98 Å². The number of benzene rings is 2. The fourth-order valence-electron chi connectivity index (χ4n) is 5.86. The van der Waals surface area contributed by atoms with Crippen molar-refractivity contribution in [3.8, 4) is 11.6 Å². The smallest absolute Gasteiger partial charge is 0.227 e. The van der Waals surface area contributed by atoms with Crippen molar-refractivity contribution >= 4 is 33.4 Å². The van der Waals surface area contributed by atoms with Crippen LogP contribution < -0.4 is 14.8 Å². The highest BCUT2D eigenvalue weighted by Crippen LogP contribution is 2.69. The Balaban J connectivity index is 1.86. The number of pyridine rings is 1. The first kappa shape index (κ1) is 26.0. The monoisotopic (exact) mass is 586 g/mol. The molecule has 7 nitrogen and oxygen atoms in total. The van der Waals surface area contributed by atoms with Gasteiger partial charge in [-0.2, -0.15) is 0 Å². The second-order valence-corrected chi connectivity index (χ2v) is 11.8. The molecule has 0 saturated heterocycles. The molecular formula is C28H28BrClN2O5. The number of fused-ring (bicyclic) bond motifs is 3. The number of nitrogens with one attached hydrogen (secondary N) is 1. The number of carbonyl (C=O) groups is 1. The van der Waals surface area contributed by atoms with Gasteiger partial charge in [0.15, 0.2) is 11.2 Å². The molecule has 37 heavy (non-hydrogen) atoms. The van der Waals surface area contributed by atoms with E-state index >= 15 is 0 Å². The largest absolute Gasteiger partial charge is 0.481 e. The Hall–Kier alpha value is -2.65. The highest BCUT2D eigenvalue weighted by Gasteiger charge is 2.78.